The molecule has 1 heterocycles. The van der Waals surface area contributed by atoms with Crippen molar-refractivity contribution < 1.29 is 9.53 Å². The van der Waals surface area contributed by atoms with Crippen LogP contribution < -0.4 is 5.32 Å². The summed E-state index contributed by atoms with van der Waals surface area (Å²) in [4.78, 5) is 14.9. The van der Waals surface area contributed by atoms with Gasteiger partial charge in [0, 0.05) is 23.6 Å². The Hall–Kier alpha value is -1.97. The normalized spacial score (nSPS) is 16.5. The number of anilines is 1. The van der Waals surface area contributed by atoms with Crippen molar-refractivity contribution in [3.63, 3.8) is 0 Å². The van der Waals surface area contributed by atoms with Crippen LogP contribution in [-0.4, -0.2) is 24.6 Å². The largest absolute Gasteiger partial charge is 0.469 e. The summed E-state index contributed by atoms with van der Waals surface area (Å²) in [6.45, 7) is 0.640. The van der Waals surface area contributed by atoms with Crippen molar-refractivity contribution >= 4 is 22.6 Å². The van der Waals surface area contributed by atoms with E-state index < -0.39 is 0 Å². The smallest absolute Gasteiger partial charge is 0.313 e. The number of H-pyrrole nitrogens is 1. The van der Waals surface area contributed by atoms with Crippen LogP contribution in [0.2, 0.25) is 0 Å². The highest BCUT2D eigenvalue weighted by Gasteiger charge is 2.50. The van der Waals surface area contributed by atoms with Crippen molar-refractivity contribution in [1.29, 1.82) is 0 Å². The Morgan fingerprint density at radius 3 is 2.94 bits per heavy atom. The molecule has 1 aromatic carbocycles. The number of para-hydroxylation sites is 1. The highest BCUT2D eigenvalue weighted by Crippen LogP contribution is 2.46. The van der Waals surface area contributed by atoms with E-state index in [1.54, 1.807) is 0 Å². The number of hydrogen-bond acceptors (Lipinski definition) is 3. The fourth-order valence-electron chi connectivity index (χ4n) is 2.30. The van der Waals surface area contributed by atoms with Gasteiger partial charge in [-0.3, -0.25) is 4.79 Å². The van der Waals surface area contributed by atoms with Gasteiger partial charge in [-0.15, -0.1) is 0 Å². The van der Waals surface area contributed by atoms with Gasteiger partial charge in [-0.05, 0) is 18.9 Å². The van der Waals surface area contributed by atoms with E-state index in [-0.39, 0.29) is 11.4 Å². The zero-order valence-corrected chi connectivity index (χ0v) is 10.3. The maximum Gasteiger partial charge on any atom is 0.313 e. The van der Waals surface area contributed by atoms with Crippen LogP contribution in [0.1, 0.15) is 12.8 Å². The number of methoxy groups -OCH3 is 1. The summed E-state index contributed by atoms with van der Waals surface area (Å²) in [6.07, 6.45) is 3.77. The van der Waals surface area contributed by atoms with Crippen molar-refractivity contribution in [3.05, 3.63) is 30.5 Å². The third-order valence-electron chi connectivity index (χ3n) is 3.68. The number of hydrogen-bond donors (Lipinski definition) is 2. The van der Waals surface area contributed by atoms with E-state index in [1.807, 2.05) is 24.4 Å². The van der Waals surface area contributed by atoms with Crippen LogP contribution in [0.15, 0.2) is 30.5 Å². The maximum absolute atomic E-state index is 11.6. The Kier molecular flexibility index (Phi) is 2.51. The van der Waals surface area contributed by atoms with Crippen LogP contribution in [0.25, 0.3) is 10.9 Å². The van der Waals surface area contributed by atoms with E-state index in [0.29, 0.717) is 6.54 Å². The van der Waals surface area contributed by atoms with Gasteiger partial charge in [0.2, 0.25) is 0 Å². The first-order valence-electron chi connectivity index (χ1n) is 6.14. The van der Waals surface area contributed by atoms with Crippen LogP contribution in [0.3, 0.4) is 0 Å². The lowest BCUT2D eigenvalue weighted by Crippen LogP contribution is -2.25. The van der Waals surface area contributed by atoms with Gasteiger partial charge in [-0.1, -0.05) is 18.2 Å². The summed E-state index contributed by atoms with van der Waals surface area (Å²) in [7, 11) is 1.45. The number of fused-ring (bicyclic) bond motifs is 1. The van der Waals surface area contributed by atoms with E-state index in [4.69, 9.17) is 4.74 Å². The summed E-state index contributed by atoms with van der Waals surface area (Å²) >= 11 is 0. The Morgan fingerprint density at radius 1 is 1.44 bits per heavy atom. The van der Waals surface area contributed by atoms with Gasteiger partial charge < -0.3 is 15.0 Å². The Balaban J connectivity index is 1.76. The highest BCUT2D eigenvalue weighted by atomic mass is 16.5. The average Bonchev–Trinajstić information content (AvgIpc) is 3.10. The van der Waals surface area contributed by atoms with E-state index in [1.165, 1.54) is 7.11 Å². The molecule has 1 saturated carbocycles. The third kappa shape index (κ3) is 1.74. The van der Waals surface area contributed by atoms with E-state index in [0.717, 1.165) is 29.4 Å². The monoisotopic (exact) mass is 244 g/mol. The van der Waals surface area contributed by atoms with Crippen LogP contribution in [-0.2, 0) is 9.53 Å². The van der Waals surface area contributed by atoms with E-state index in [2.05, 4.69) is 16.4 Å². The van der Waals surface area contributed by atoms with Gasteiger partial charge >= 0.3 is 5.97 Å². The van der Waals surface area contributed by atoms with Crippen molar-refractivity contribution in [2.24, 2.45) is 5.41 Å². The second-order valence-corrected chi connectivity index (χ2v) is 4.87. The summed E-state index contributed by atoms with van der Waals surface area (Å²) in [5, 5.41) is 4.50. The number of aromatic amines is 1. The molecule has 2 N–H and O–H groups in total. The topological polar surface area (TPSA) is 54.1 Å². The minimum atomic E-state index is -0.298. The lowest BCUT2D eigenvalue weighted by Gasteiger charge is -2.13. The second-order valence-electron chi connectivity index (χ2n) is 4.87. The minimum Gasteiger partial charge on any atom is -0.469 e. The van der Waals surface area contributed by atoms with Gasteiger partial charge in [0.15, 0.2) is 0 Å². The molecule has 0 radical (unpaired) electrons. The molecule has 4 heteroatoms. The molecule has 0 unspecified atom stereocenters. The van der Waals surface area contributed by atoms with Gasteiger partial charge in [-0.25, -0.2) is 0 Å². The number of carbonyl (C=O) groups is 1. The Labute approximate surface area is 105 Å². The zero-order chi connectivity index (χ0) is 12.6. The molecule has 3 rings (SSSR count). The van der Waals surface area contributed by atoms with Crippen LogP contribution in [0.5, 0.6) is 0 Å². The summed E-state index contributed by atoms with van der Waals surface area (Å²) in [6, 6.07) is 8.10. The van der Waals surface area contributed by atoms with Crippen molar-refractivity contribution in [2.75, 3.05) is 19.0 Å². The van der Waals surface area contributed by atoms with E-state index in [9.17, 15) is 4.79 Å². The minimum absolute atomic E-state index is 0.102. The summed E-state index contributed by atoms with van der Waals surface area (Å²) in [5.74, 6) is -0.102. The number of nitrogens with one attached hydrogen (secondary N) is 2. The van der Waals surface area contributed by atoms with Crippen molar-refractivity contribution in [3.8, 4) is 0 Å². The Bertz CT molecular complexity index is 584. The number of rotatable bonds is 4. The lowest BCUT2D eigenvalue weighted by molar-refractivity contribution is -0.146. The SMILES string of the molecule is COC(=O)C1(CNc2c[nH]c3ccccc23)CC1. The molecule has 0 amide bonds. The summed E-state index contributed by atoms with van der Waals surface area (Å²) < 4.78 is 4.85. The first-order chi connectivity index (χ1) is 8.75. The van der Waals surface area contributed by atoms with Crippen LogP contribution >= 0.6 is 0 Å². The molecule has 4 nitrogen and oxygen atoms in total. The highest BCUT2D eigenvalue weighted by molar-refractivity contribution is 5.92. The zero-order valence-electron chi connectivity index (χ0n) is 10.3. The molecule has 2 aromatic rings. The van der Waals surface area contributed by atoms with Crippen LogP contribution in [0, 0.1) is 5.41 Å². The number of ether oxygens (including phenoxy) is 1. The molecule has 18 heavy (non-hydrogen) atoms. The third-order valence-corrected chi connectivity index (χ3v) is 3.68. The van der Waals surface area contributed by atoms with Crippen molar-refractivity contribution in [1.82, 2.24) is 4.98 Å². The molecule has 0 atom stereocenters. The fraction of sp³-hybridized carbons (Fsp3) is 0.357. The number of carbonyl (C=O) groups excluding carboxylic acids is 1. The standard InChI is InChI=1S/C14H16N2O2/c1-18-13(17)14(6-7-14)9-16-12-8-15-11-5-3-2-4-10(11)12/h2-5,8,15-16H,6-7,9H2,1H3. The molecule has 1 aliphatic carbocycles. The number of aromatic nitrogens is 1. The van der Waals surface area contributed by atoms with Crippen LogP contribution in [0.4, 0.5) is 5.69 Å². The van der Waals surface area contributed by atoms with E-state index >= 15 is 0 Å². The Morgan fingerprint density at radius 2 is 2.22 bits per heavy atom. The van der Waals surface area contributed by atoms with Gasteiger partial charge in [0.25, 0.3) is 0 Å². The quantitative estimate of drug-likeness (QED) is 0.813. The molecule has 0 saturated heterocycles. The predicted molar refractivity (Wildman–Crippen MR) is 70.5 cm³/mol. The molecule has 1 aromatic heterocycles. The molecular weight excluding hydrogens is 228 g/mol. The predicted octanol–water partition coefficient (Wildman–Crippen LogP) is 2.53. The first kappa shape index (κ1) is 11.1. The lowest BCUT2D eigenvalue weighted by atomic mass is 10.1. The molecule has 1 fully saturated rings. The maximum atomic E-state index is 11.6. The second kappa shape index (κ2) is 4.05. The molecule has 0 spiro atoms. The number of esters is 1. The van der Waals surface area contributed by atoms with Gasteiger partial charge in [-0.2, -0.15) is 0 Å². The molecule has 1 aliphatic rings. The fourth-order valence-corrected chi connectivity index (χ4v) is 2.30. The van der Waals surface area contributed by atoms with Gasteiger partial charge in [0.05, 0.1) is 18.2 Å². The van der Waals surface area contributed by atoms with Gasteiger partial charge in [0.1, 0.15) is 0 Å². The summed E-state index contributed by atoms with van der Waals surface area (Å²) in [5.41, 5.74) is 1.84. The average molecular weight is 244 g/mol. The van der Waals surface area contributed by atoms with Crippen molar-refractivity contribution in [2.45, 2.75) is 12.8 Å². The molecule has 94 valence electrons. The molecule has 0 aliphatic heterocycles. The number of benzene rings is 1. The molecule has 0 bridgehead atoms. The molecular formula is C14H16N2O2. The first-order valence-corrected chi connectivity index (χ1v) is 6.14.